The zero-order chi connectivity index (χ0) is 9.26. The molecule has 4 nitrogen and oxygen atoms in total. The summed E-state index contributed by atoms with van der Waals surface area (Å²) in [6.07, 6.45) is 0. The van der Waals surface area contributed by atoms with Crippen molar-refractivity contribution in [1.82, 2.24) is 0 Å². The van der Waals surface area contributed by atoms with E-state index in [9.17, 15) is 4.79 Å². The number of fused-ring (bicyclic) bond motifs is 1. The summed E-state index contributed by atoms with van der Waals surface area (Å²) in [5.74, 6) is -0.0377. The molecule has 0 atom stereocenters. The van der Waals surface area contributed by atoms with Crippen molar-refractivity contribution in [3.8, 4) is 0 Å². The second-order valence-electron chi connectivity index (χ2n) is 2.94. The molecule has 1 heterocycles. The van der Waals surface area contributed by atoms with Gasteiger partial charge in [-0.2, -0.15) is 0 Å². The Morgan fingerprint density at radius 1 is 1.38 bits per heavy atom. The molecule has 13 heavy (non-hydrogen) atoms. The van der Waals surface area contributed by atoms with Gasteiger partial charge in [-0.1, -0.05) is 6.07 Å². The third-order valence-corrected chi connectivity index (χ3v) is 1.98. The maximum atomic E-state index is 11.0. The van der Waals surface area contributed by atoms with Crippen LogP contribution < -0.4 is 10.6 Å². The normalized spacial score (nSPS) is 14.4. The Kier molecular flexibility index (Phi) is 1.90. The number of rotatable bonds is 1. The molecule has 0 unspecified atom stereocenters. The number of carbonyl (C=O) groups is 1. The van der Waals surface area contributed by atoms with Crippen LogP contribution in [-0.2, 0) is 11.4 Å². The summed E-state index contributed by atoms with van der Waals surface area (Å²) < 4.78 is 0. The molecular weight excluding hydrogens is 168 g/mol. The summed E-state index contributed by atoms with van der Waals surface area (Å²) in [6, 6.07) is 5.39. The van der Waals surface area contributed by atoms with Gasteiger partial charge in [-0.3, -0.25) is 4.79 Å². The first-order chi connectivity index (χ1) is 6.29. The van der Waals surface area contributed by atoms with Crippen LogP contribution in [0.25, 0.3) is 0 Å². The van der Waals surface area contributed by atoms with Crippen LogP contribution in [0.3, 0.4) is 0 Å². The van der Waals surface area contributed by atoms with Gasteiger partial charge in [0.05, 0.1) is 24.5 Å². The molecule has 1 amide bonds. The lowest BCUT2D eigenvalue weighted by Crippen LogP contribution is -2.27. The molecule has 2 rings (SSSR count). The number of hydrogen-bond donors (Lipinski definition) is 3. The van der Waals surface area contributed by atoms with Crippen LogP contribution in [0, 0.1) is 0 Å². The van der Waals surface area contributed by atoms with Crippen LogP contribution in [0.1, 0.15) is 5.56 Å². The molecule has 0 radical (unpaired) electrons. The van der Waals surface area contributed by atoms with Crippen molar-refractivity contribution in [3.63, 3.8) is 0 Å². The van der Waals surface area contributed by atoms with Gasteiger partial charge in [0.15, 0.2) is 0 Å². The zero-order valence-electron chi connectivity index (χ0n) is 7.00. The van der Waals surface area contributed by atoms with Crippen LogP contribution in [0.15, 0.2) is 18.2 Å². The van der Waals surface area contributed by atoms with Crippen LogP contribution in [0.5, 0.6) is 0 Å². The van der Waals surface area contributed by atoms with Crippen molar-refractivity contribution < 1.29 is 9.90 Å². The van der Waals surface area contributed by atoms with E-state index in [-0.39, 0.29) is 12.5 Å². The predicted molar refractivity (Wildman–Crippen MR) is 49.5 cm³/mol. The molecule has 4 heteroatoms. The van der Waals surface area contributed by atoms with Gasteiger partial charge in [0.25, 0.3) is 0 Å². The first-order valence-corrected chi connectivity index (χ1v) is 4.07. The second-order valence-corrected chi connectivity index (χ2v) is 2.94. The highest BCUT2D eigenvalue weighted by Crippen LogP contribution is 2.25. The number of nitrogens with one attached hydrogen (secondary N) is 2. The third kappa shape index (κ3) is 1.48. The fourth-order valence-corrected chi connectivity index (χ4v) is 1.31. The molecule has 68 valence electrons. The Morgan fingerprint density at radius 3 is 3.00 bits per heavy atom. The predicted octanol–water partition coefficient (Wildman–Crippen LogP) is 0.543. The average molecular weight is 178 g/mol. The highest BCUT2D eigenvalue weighted by molar-refractivity contribution is 6.00. The van der Waals surface area contributed by atoms with Crippen LogP contribution in [0.4, 0.5) is 11.4 Å². The highest BCUT2D eigenvalue weighted by atomic mass is 16.3. The molecule has 1 aromatic carbocycles. The van der Waals surface area contributed by atoms with E-state index >= 15 is 0 Å². The molecule has 0 aliphatic carbocycles. The number of carbonyl (C=O) groups excluding carboxylic acids is 1. The lowest BCUT2D eigenvalue weighted by atomic mass is 10.1. The molecule has 0 spiro atoms. The van der Waals surface area contributed by atoms with Crippen LogP contribution in [-0.4, -0.2) is 17.6 Å². The smallest absolute Gasteiger partial charge is 0.243 e. The van der Waals surface area contributed by atoms with E-state index in [4.69, 9.17) is 5.11 Å². The van der Waals surface area contributed by atoms with Gasteiger partial charge in [-0.25, -0.2) is 0 Å². The van der Waals surface area contributed by atoms with Gasteiger partial charge < -0.3 is 15.7 Å². The number of benzene rings is 1. The molecule has 0 bridgehead atoms. The molecular formula is C9H10N2O2. The van der Waals surface area contributed by atoms with E-state index in [2.05, 4.69) is 10.6 Å². The van der Waals surface area contributed by atoms with Gasteiger partial charge in [-0.05, 0) is 17.7 Å². The monoisotopic (exact) mass is 178 g/mol. The minimum atomic E-state index is -0.0377. The minimum absolute atomic E-state index is 0.0168. The lowest BCUT2D eigenvalue weighted by molar-refractivity contribution is -0.114. The molecule has 0 aromatic heterocycles. The van der Waals surface area contributed by atoms with Crippen molar-refractivity contribution in [2.45, 2.75) is 6.61 Å². The van der Waals surface area contributed by atoms with Crippen molar-refractivity contribution >= 4 is 17.3 Å². The summed E-state index contributed by atoms with van der Waals surface area (Å²) in [7, 11) is 0. The highest BCUT2D eigenvalue weighted by Gasteiger charge is 2.13. The lowest BCUT2D eigenvalue weighted by Gasteiger charge is -2.18. The Hall–Kier alpha value is -1.55. The van der Waals surface area contributed by atoms with E-state index in [0.717, 1.165) is 16.9 Å². The Bertz CT molecular complexity index is 349. The van der Waals surface area contributed by atoms with Gasteiger partial charge in [-0.15, -0.1) is 0 Å². The largest absolute Gasteiger partial charge is 0.392 e. The zero-order valence-corrected chi connectivity index (χ0v) is 7.00. The molecule has 1 aliphatic rings. The number of amides is 1. The number of hydrogen-bond acceptors (Lipinski definition) is 3. The molecule has 3 N–H and O–H groups in total. The van der Waals surface area contributed by atoms with Crippen molar-refractivity contribution in [2.75, 3.05) is 17.2 Å². The standard InChI is InChI=1S/C9H10N2O2/c12-5-6-1-2-7-8(3-6)10-4-9(13)11-7/h1-3,10,12H,4-5H2,(H,11,13). The van der Waals surface area contributed by atoms with Crippen molar-refractivity contribution in [3.05, 3.63) is 23.8 Å². The maximum Gasteiger partial charge on any atom is 0.243 e. The third-order valence-electron chi connectivity index (χ3n) is 1.98. The van der Waals surface area contributed by atoms with Gasteiger partial charge in [0.2, 0.25) is 5.91 Å². The molecule has 1 aromatic rings. The fourth-order valence-electron chi connectivity index (χ4n) is 1.31. The SMILES string of the molecule is O=C1CNc2cc(CO)ccc2N1. The average Bonchev–Trinajstić information content (AvgIpc) is 2.17. The minimum Gasteiger partial charge on any atom is -0.392 e. The fraction of sp³-hybridized carbons (Fsp3) is 0.222. The number of anilines is 2. The van der Waals surface area contributed by atoms with Crippen LogP contribution in [0.2, 0.25) is 0 Å². The summed E-state index contributed by atoms with van der Waals surface area (Å²) >= 11 is 0. The first-order valence-electron chi connectivity index (χ1n) is 4.07. The number of aliphatic hydroxyl groups excluding tert-OH is 1. The van der Waals surface area contributed by atoms with Crippen LogP contribution >= 0.6 is 0 Å². The summed E-state index contributed by atoms with van der Waals surface area (Å²) in [4.78, 5) is 11.0. The van der Waals surface area contributed by atoms with Gasteiger partial charge in [0, 0.05) is 0 Å². The Morgan fingerprint density at radius 2 is 2.23 bits per heavy atom. The van der Waals surface area contributed by atoms with E-state index in [0.29, 0.717) is 6.54 Å². The van der Waals surface area contributed by atoms with E-state index < -0.39 is 0 Å². The van der Waals surface area contributed by atoms with Gasteiger partial charge in [0.1, 0.15) is 0 Å². The Labute approximate surface area is 75.6 Å². The summed E-state index contributed by atoms with van der Waals surface area (Å²) in [5.41, 5.74) is 2.47. The van der Waals surface area contributed by atoms with Gasteiger partial charge >= 0.3 is 0 Å². The first kappa shape index (κ1) is 8.07. The second kappa shape index (κ2) is 3.06. The van der Waals surface area contributed by atoms with Crippen molar-refractivity contribution in [2.24, 2.45) is 0 Å². The molecule has 0 saturated carbocycles. The summed E-state index contributed by atoms with van der Waals surface area (Å²) in [6.45, 7) is 0.310. The van der Waals surface area contributed by atoms with Crippen molar-refractivity contribution in [1.29, 1.82) is 0 Å². The molecule has 0 fully saturated rings. The molecule has 0 saturated heterocycles. The molecule has 1 aliphatic heterocycles. The quantitative estimate of drug-likeness (QED) is 0.588. The topological polar surface area (TPSA) is 61.4 Å². The van der Waals surface area contributed by atoms with E-state index in [1.54, 1.807) is 12.1 Å². The number of aliphatic hydroxyl groups is 1. The Balaban J connectivity index is 2.36. The maximum absolute atomic E-state index is 11.0. The van der Waals surface area contributed by atoms with E-state index in [1.807, 2.05) is 6.07 Å². The van der Waals surface area contributed by atoms with E-state index in [1.165, 1.54) is 0 Å². The summed E-state index contributed by atoms with van der Waals surface area (Å²) in [5, 5.41) is 14.6.